The smallest absolute Gasteiger partial charge is 0.126 e. The van der Waals surface area contributed by atoms with Crippen LogP contribution in [0.5, 0.6) is 0 Å². The van der Waals surface area contributed by atoms with E-state index in [1.807, 2.05) is 0 Å². The van der Waals surface area contributed by atoms with Crippen LogP contribution < -0.4 is 0 Å². The second kappa shape index (κ2) is 5.90. The average molecular weight is 291 g/mol. The van der Waals surface area contributed by atoms with Gasteiger partial charge < -0.3 is 0 Å². The van der Waals surface area contributed by atoms with Gasteiger partial charge in [0.1, 0.15) is 17.5 Å². The highest BCUT2D eigenvalue weighted by molar-refractivity contribution is 5.23. The van der Waals surface area contributed by atoms with Crippen LogP contribution in [0.1, 0.15) is 30.0 Å². The molecular weight excluding hydrogens is 275 g/mol. The Hall–Kier alpha value is -1.81. The van der Waals surface area contributed by atoms with Crippen LogP contribution in [0.4, 0.5) is 13.2 Å². The Bertz CT molecular complexity index is 604. The lowest BCUT2D eigenvalue weighted by Crippen LogP contribution is -2.22. The Morgan fingerprint density at radius 3 is 2.24 bits per heavy atom. The summed E-state index contributed by atoms with van der Waals surface area (Å²) in [6, 6.07) is 10.3. The minimum Gasteiger partial charge on any atom is -0.292 e. The summed E-state index contributed by atoms with van der Waals surface area (Å²) in [6.45, 7) is 1.37. The first kappa shape index (κ1) is 14.1. The number of benzene rings is 2. The first-order valence-corrected chi connectivity index (χ1v) is 7.06. The molecule has 0 N–H and O–H groups in total. The molecule has 21 heavy (non-hydrogen) atoms. The molecule has 1 atom stereocenters. The summed E-state index contributed by atoms with van der Waals surface area (Å²) in [4.78, 5) is 2.18. The summed E-state index contributed by atoms with van der Waals surface area (Å²) < 4.78 is 39.5. The van der Waals surface area contributed by atoms with Crippen molar-refractivity contribution in [3.63, 3.8) is 0 Å². The number of halogens is 3. The lowest BCUT2D eigenvalue weighted by Gasteiger charge is -2.25. The van der Waals surface area contributed by atoms with Crippen LogP contribution in [0.3, 0.4) is 0 Å². The van der Waals surface area contributed by atoms with Crippen molar-refractivity contribution in [1.29, 1.82) is 0 Å². The number of hydrogen-bond donors (Lipinski definition) is 0. The molecule has 0 bridgehead atoms. The van der Waals surface area contributed by atoms with E-state index < -0.39 is 11.6 Å². The zero-order valence-corrected chi connectivity index (χ0v) is 11.5. The molecule has 1 aliphatic heterocycles. The molecule has 1 unspecified atom stereocenters. The molecule has 4 heteroatoms. The predicted octanol–water partition coefficient (Wildman–Crippen LogP) is 4.44. The fourth-order valence-corrected chi connectivity index (χ4v) is 3.01. The van der Waals surface area contributed by atoms with Gasteiger partial charge in [-0.2, -0.15) is 0 Å². The molecular formula is C17H16F3N. The number of likely N-dealkylation sites (tertiary alicyclic amines) is 1. The maximum atomic E-state index is 13.3. The van der Waals surface area contributed by atoms with E-state index in [1.54, 1.807) is 12.1 Å². The Labute approximate surface area is 122 Å². The molecule has 0 radical (unpaired) electrons. The van der Waals surface area contributed by atoms with Crippen molar-refractivity contribution in [2.24, 2.45) is 0 Å². The van der Waals surface area contributed by atoms with Gasteiger partial charge in [-0.3, -0.25) is 4.90 Å². The van der Waals surface area contributed by atoms with Crippen LogP contribution in [0.15, 0.2) is 42.5 Å². The maximum Gasteiger partial charge on any atom is 0.126 e. The minimum atomic E-state index is -0.553. The highest BCUT2D eigenvalue weighted by Gasteiger charge is 2.26. The Balaban J connectivity index is 1.79. The molecule has 3 rings (SSSR count). The Morgan fingerprint density at radius 2 is 1.57 bits per heavy atom. The van der Waals surface area contributed by atoms with Gasteiger partial charge in [0.05, 0.1) is 0 Å². The largest absolute Gasteiger partial charge is 0.292 e. The maximum absolute atomic E-state index is 13.3. The van der Waals surface area contributed by atoms with Crippen molar-refractivity contribution in [3.05, 3.63) is 71.0 Å². The summed E-state index contributed by atoms with van der Waals surface area (Å²) in [7, 11) is 0. The number of rotatable bonds is 3. The second-order valence-electron chi connectivity index (χ2n) is 5.46. The Morgan fingerprint density at radius 1 is 0.905 bits per heavy atom. The average Bonchev–Trinajstić information content (AvgIpc) is 2.86. The van der Waals surface area contributed by atoms with E-state index in [9.17, 15) is 13.2 Å². The molecule has 2 aromatic rings. The normalized spacial score (nSPS) is 19.1. The van der Waals surface area contributed by atoms with Gasteiger partial charge in [0.25, 0.3) is 0 Å². The third-order valence-corrected chi connectivity index (χ3v) is 3.93. The van der Waals surface area contributed by atoms with Crippen LogP contribution in [-0.4, -0.2) is 11.4 Å². The van der Waals surface area contributed by atoms with Gasteiger partial charge in [-0.05, 0) is 54.8 Å². The third kappa shape index (κ3) is 3.27. The second-order valence-corrected chi connectivity index (χ2v) is 5.46. The predicted molar refractivity (Wildman–Crippen MR) is 75.1 cm³/mol. The molecule has 0 amide bonds. The van der Waals surface area contributed by atoms with E-state index in [1.165, 1.54) is 24.3 Å². The quantitative estimate of drug-likeness (QED) is 0.808. The van der Waals surface area contributed by atoms with Crippen molar-refractivity contribution in [3.8, 4) is 0 Å². The van der Waals surface area contributed by atoms with E-state index in [2.05, 4.69) is 4.90 Å². The topological polar surface area (TPSA) is 3.24 Å². The van der Waals surface area contributed by atoms with Crippen LogP contribution in [-0.2, 0) is 6.54 Å². The van der Waals surface area contributed by atoms with Crippen LogP contribution in [0.2, 0.25) is 0 Å². The van der Waals surface area contributed by atoms with Gasteiger partial charge in [0.2, 0.25) is 0 Å². The molecule has 0 aliphatic carbocycles. The lowest BCUT2D eigenvalue weighted by atomic mass is 10.0. The van der Waals surface area contributed by atoms with E-state index in [0.717, 1.165) is 31.0 Å². The highest BCUT2D eigenvalue weighted by Crippen LogP contribution is 2.33. The van der Waals surface area contributed by atoms with Crippen molar-refractivity contribution < 1.29 is 13.2 Å². The molecule has 0 aromatic heterocycles. The number of nitrogens with zero attached hydrogens (tertiary/aromatic N) is 1. The molecule has 1 fully saturated rings. The van der Waals surface area contributed by atoms with Crippen LogP contribution in [0.25, 0.3) is 0 Å². The fourth-order valence-electron chi connectivity index (χ4n) is 3.01. The van der Waals surface area contributed by atoms with E-state index in [-0.39, 0.29) is 11.9 Å². The molecule has 2 aromatic carbocycles. The summed E-state index contributed by atoms with van der Waals surface area (Å²) in [5, 5.41) is 0. The van der Waals surface area contributed by atoms with Crippen LogP contribution in [0, 0.1) is 17.5 Å². The Kier molecular flexibility index (Phi) is 3.97. The zero-order valence-electron chi connectivity index (χ0n) is 11.5. The summed E-state index contributed by atoms with van der Waals surface area (Å²) in [5.41, 5.74) is 1.67. The molecule has 1 aliphatic rings. The molecule has 0 saturated carbocycles. The van der Waals surface area contributed by atoms with Gasteiger partial charge in [0, 0.05) is 18.7 Å². The molecule has 0 spiro atoms. The summed E-state index contributed by atoms with van der Waals surface area (Å²) >= 11 is 0. The fraction of sp³-hybridized carbons (Fsp3) is 0.294. The van der Waals surface area contributed by atoms with E-state index in [0.29, 0.717) is 12.1 Å². The van der Waals surface area contributed by atoms with Gasteiger partial charge in [0.15, 0.2) is 0 Å². The molecule has 110 valence electrons. The van der Waals surface area contributed by atoms with Crippen LogP contribution >= 0.6 is 0 Å². The molecule has 1 heterocycles. The first-order chi connectivity index (χ1) is 10.1. The molecule has 1 saturated heterocycles. The standard InChI is InChI=1S/C17H16F3N/c18-14-5-3-13(4-6-14)17-2-1-7-21(17)11-12-8-15(19)10-16(20)9-12/h3-6,8-10,17H,1-2,7,11H2. The van der Waals surface area contributed by atoms with Crippen molar-refractivity contribution in [2.45, 2.75) is 25.4 Å². The third-order valence-electron chi connectivity index (χ3n) is 3.93. The van der Waals surface area contributed by atoms with Gasteiger partial charge in [-0.15, -0.1) is 0 Å². The van der Waals surface area contributed by atoms with Crippen molar-refractivity contribution in [2.75, 3.05) is 6.54 Å². The van der Waals surface area contributed by atoms with Crippen molar-refractivity contribution in [1.82, 2.24) is 4.90 Å². The van der Waals surface area contributed by atoms with Gasteiger partial charge >= 0.3 is 0 Å². The van der Waals surface area contributed by atoms with Gasteiger partial charge in [-0.25, -0.2) is 13.2 Å². The van der Waals surface area contributed by atoms with Crippen molar-refractivity contribution >= 4 is 0 Å². The number of hydrogen-bond acceptors (Lipinski definition) is 1. The van der Waals surface area contributed by atoms with E-state index >= 15 is 0 Å². The molecule has 1 nitrogen and oxygen atoms in total. The van der Waals surface area contributed by atoms with Gasteiger partial charge in [-0.1, -0.05) is 12.1 Å². The monoisotopic (exact) mass is 291 g/mol. The summed E-state index contributed by atoms with van der Waals surface area (Å²) in [6.07, 6.45) is 2.00. The lowest BCUT2D eigenvalue weighted by molar-refractivity contribution is 0.247. The zero-order chi connectivity index (χ0) is 14.8. The summed E-state index contributed by atoms with van der Waals surface area (Å²) in [5.74, 6) is -1.36. The minimum absolute atomic E-state index is 0.178. The SMILES string of the molecule is Fc1ccc(C2CCCN2Cc2cc(F)cc(F)c2)cc1. The van der Waals surface area contributed by atoms with E-state index in [4.69, 9.17) is 0 Å². The first-order valence-electron chi connectivity index (χ1n) is 7.06. The highest BCUT2D eigenvalue weighted by atomic mass is 19.1.